The lowest BCUT2D eigenvalue weighted by molar-refractivity contribution is 0.284. The van der Waals surface area contributed by atoms with Crippen molar-refractivity contribution in [3.63, 3.8) is 0 Å². The van der Waals surface area contributed by atoms with E-state index in [9.17, 15) is 8.42 Å². The third-order valence-electron chi connectivity index (χ3n) is 4.22. The standard InChI is InChI=1S/C20H21N2O4S/c1-14(12-13-23)22-27(24,25)18-10-8-16(9-11-18)19-15(2)26-21-20(19)17-6-4-3-5-7-17/h3-11,14,23H,12-13H2,1-2H3/q-1/t14-/m1/s1. The highest BCUT2D eigenvalue weighted by Gasteiger charge is 2.17. The minimum absolute atomic E-state index is 0.103. The zero-order chi connectivity index (χ0) is 19.4. The van der Waals surface area contributed by atoms with E-state index in [0.717, 1.165) is 16.7 Å². The van der Waals surface area contributed by atoms with E-state index in [2.05, 4.69) is 9.88 Å². The number of rotatable bonds is 7. The third kappa shape index (κ3) is 4.27. The molecular formula is C20H21N2O4S-. The van der Waals surface area contributed by atoms with Crippen molar-refractivity contribution in [3.05, 3.63) is 65.1 Å². The first-order chi connectivity index (χ1) is 12.9. The largest absolute Gasteiger partial charge is 0.542 e. The maximum atomic E-state index is 12.4. The van der Waals surface area contributed by atoms with Gasteiger partial charge in [-0.05, 0) is 31.0 Å². The monoisotopic (exact) mass is 385 g/mol. The SMILES string of the molecule is Cc1onc(-c2ccccc2)c1-c1ccc(S(=O)(=O)[N-][C@H](C)CCO)cc1. The summed E-state index contributed by atoms with van der Waals surface area (Å²) < 4.78 is 34.0. The smallest absolute Gasteiger partial charge is 0.142 e. The molecule has 3 aromatic rings. The molecule has 1 atom stereocenters. The zero-order valence-electron chi connectivity index (χ0n) is 15.2. The van der Waals surface area contributed by atoms with Gasteiger partial charge in [-0.15, -0.1) is 6.04 Å². The maximum absolute atomic E-state index is 12.4. The Hall–Kier alpha value is -2.48. The van der Waals surface area contributed by atoms with Crippen LogP contribution in [0.5, 0.6) is 0 Å². The van der Waals surface area contributed by atoms with Crippen molar-refractivity contribution in [1.82, 2.24) is 5.16 Å². The second-order valence-electron chi connectivity index (χ2n) is 6.29. The van der Waals surface area contributed by atoms with Crippen LogP contribution in [0.25, 0.3) is 27.1 Å². The van der Waals surface area contributed by atoms with Crippen LogP contribution in [0.4, 0.5) is 0 Å². The number of aliphatic hydroxyl groups excluding tert-OH is 1. The summed E-state index contributed by atoms with van der Waals surface area (Å²) in [7, 11) is -3.76. The van der Waals surface area contributed by atoms with E-state index in [0.29, 0.717) is 17.9 Å². The molecule has 2 aromatic carbocycles. The Bertz CT molecular complexity index is 996. The van der Waals surface area contributed by atoms with E-state index < -0.39 is 16.1 Å². The van der Waals surface area contributed by atoms with Crippen molar-refractivity contribution >= 4 is 10.0 Å². The molecule has 0 saturated carbocycles. The highest BCUT2D eigenvalue weighted by atomic mass is 32.2. The van der Waals surface area contributed by atoms with Gasteiger partial charge in [-0.2, -0.15) is 0 Å². The Labute approximate surface area is 158 Å². The maximum Gasteiger partial charge on any atom is 0.142 e. The molecule has 142 valence electrons. The van der Waals surface area contributed by atoms with Crippen molar-refractivity contribution in [1.29, 1.82) is 0 Å². The van der Waals surface area contributed by atoms with Gasteiger partial charge in [-0.1, -0.05) is 54.5 Å². The van der Waals surface area contributed by atoms with Crippen LogP contribution < -0.4 is 0 Å². The average Bonchev–Trinajstić information content (AvgIpc) is 3.04. The van der Waals surface area contributed by atoms with Crippen LogP contribution in [0.1, 0.15) is 19.1 Å². The van der Waals surface area contributed by atoms with Gasteiger partial charge in [0.1, 0.15) is 21.5 Å². The third-order valence-corrected chi connectivity index (χ3v) is 5.72. The predicted molar refractivity (Wildman–Crippen MR) is 104 cm³/mol. The minimum atomic E-state index is -3.76. The zero-order valence-corrected chi connectivity index (χ0v) is 16.0. The molecule has 0 aliphatic carbocycles. The van der Waals surface area contributed by atoms with E-state index in [4.69, 9.17) is 9.63 Å². The van der Waals surface area contributed by atoms with Crippen molar-refractivity contribution in [2.24, 2.45) is 0 Å². The number of aliphatic hydroxyl groups is 1. The molecule has 0 amide bonds. The normalized spacial score (nSPS) is 12.9. The first kappa shape index (κ1) is 19.3. The topological polar surface area (TPSA) is 94.5 Å². The Morgan fingerprint density at radius 3 is 2.37 bits per heavy atom. The molecule has 0 saturated heterocycles. The second-order valence-corrected chi connectivity index (χ2v) is 7.93. The summed E-state index contributed by atoms with van der Waals surface area (Å²) in [5, 5.41) is 13.1. The van der Waals surface area contributed by atoms with Crippen molar-refractivity contribution in [3.8, 4) is 22.4 Å². The van der Waals surface area contributed by atoms with Crippen molar-refractivity contribution < 1.29 is 18.0 Å². The summed E-state index contributed by atoms with van der Waals surface area (Å²) in [5.41, 5.74) is 3.28. The molecule has 7 heteroatoms. The fourth-order valence-electron chi connectivity index (χ4n) is 2.84. The van der Waals surface area contributed by atoms with E-state index in [-0.39, 0.29) is 11.5 Å². The molecule has 0 aliphatic rings. The molecular weight excluding hydrogens is 364 g/mol. The fourth-order valence-corrected chi connectivity index (χ4v) is 4.02. The molecule has 0 fully saturated rings. The van der Waals surface area contributed by atoms with Crippen molar-refractivity contribution in [2.75, 3.05) is 6.61 Å². The average molecular weight is 385 g/mol. The Balaban J connectivity index is 1.92. The van der Waals surface area contributed by atoms with E-state index in [1.807, 2.05) is 37.3 Å². The van der Waals surface area contributed by atoms with Gasteiger partial charge in [0.25, 0.3) is 0 Å². The number of benzene rings is 2. The van der Waals surface area contributed by atoms with Gasteiger partial charge < -0.3 is 14.4 Å². The van der Waals surface area contributed by atoms with Crippen LogP contribution in [-0.2, 0) is 10.0 Å². The summed E-state index contributed by atoms with van der Waals surface area (Å²) in [6.45, 7) is 3.38. The molecule has 0 radical (unpaired) electrons. The first-order valence-electron chi connectivity index (χ1n) is 8.62. The summed E-state index contributed by atoms with van der Waals surface area (Å²) >= 11 is 0. The van der Waals surface area contributed by atoms with E-state index in [1.165, 1.54) is 12.1 Å². The van der Waals surface area contributed by atoms with Crippen molar-refractivity contribution in [2.45, 2.75) is 31.2 Å². The Morgan fingerprint density at radius 1 is 1.07 bits per heavy atom. The van der Waals surface area contributed by atoms with Gasteiger partial charge in [0.2, 0.25) is 0 Å². The van der Waals surface area contributed by atoms with Crippen LogP contribution in [-0.4, -0.2) is 31.3 Å². The summed E-state index contributed by atoms with van der Waals surface area (Å²) in [6, 6.07) is 15.7. The van der Waals surface area contributed by atoms with Crippen LogP contribution in [0, 0.1) is 6.92 Å². The van der Waals surface area contributed by atoms with E-state index >= 15 is 0 Å². The lowest BCUT2D eigenvalue weighted by atomic mass is 10.00. The van der Waals surface area contributed by atoms with Crippen LogP contribution in [0.2, 0.25) is 0 Å². The van der Waals surface area contributed by atoms with Gasteiger partial charge in [0, 0.05) is 17.1 Å². The molecule has 6 nitrogen and oxygen atoms in total. The number of aryl methyl sites for hydroxylation is 1. The molecule has 0 bridgehead atoms. The molecule has 0 spiro atoms. The number of sulfonamides is 1. The molecule has 1 N–H and O–H groups in total. The molecule has 3 rings (SSSR count). The Morgan fingerprint density at radius 2 is 1.74 bits per heavy atom. The van der Waals surface area contributed by atoms with Gasteiger partial charge in [-0.25, -0.2) is 8.42 Å². The first-order valence-corrected chi connectivity index (χ1v) is 10.1. The predicted octanol–water partition coefficient (Wildman–Crippen LogP) is 4.15. The van der Waals surface area contributed by atoms with Gasteiger partial charge in [0.05, 0.1) is 5.56 Å². The molecule has 0 aliphatic heterocycles. The van der Waals surface area contributed by atoms with Crippen LogP contribution in [0.15, 0.2) is 64.0 Å². The quantitative estimate of drug-likeness (QED) is 0.659. The molecule has 27 heavy (non-hydrogen) atoms. The molecule has 0 unspecified atom stereocenters. The summed E-state index contributed by atoms with van der Waals surface area (Å²) in [4.78, 5) is 0.117. The lowest BCUT2D eigenvalue weighted by Gasteiger charge is -2.27. The fraction of sp³-hybridized carbons (Fsp3) is 0.250. The lowest BCUT2D eigenvalue weighted by Crippen LogP contribution is -2.10. The summed E-state index contributed by atoms with van der Waals surface area (Å²) in [5.74, 6) is 0.658. The van der Waals surface area contributed by atoms with Gasteiger partial charge in [-0.3, -0.25) is 0 Å². The molecule has 1 aromatic heterocycles. The number of aromatic nitrogens is 1. The minimum Gasteiger partial charge on any atom is -0.542 e. The van der Waals surface area contributed by atoms with Gasteiger partial charge in [0.15, 0.2) is 0 Å². The number of hydrogen-bond donors (Lipinski definition) is 1. The number of nitrogens with zero attached hydrogens (tertiary/aromatic N) is 2. The van der Waals surface area contributed by atoms with Gasteiger partial charge >= 0.3 is 0 Å². The highest BCUT2D eigenvalue weighted by molar-refractivity contribution is 7.94. The Kier molecular flexibility index (Phi) is 5.74. The molecule has 1 heterocycles. The van der Waals surface area contributed by atoms with Crippen LogP contribution >= 0.6 is 0 Å². The highest BCUT2D eigenvalue weighted by Crippen LogP contribution is 2.35. The summed E-state index contributed by atoms with van der Waals surface area (Å²) in [6.07, 6.45) is 0.303. The second kappa shape index (κ2) is 8.04. The number of hydrogen-bond acceptors (Lipinski definition) is 5. The van der Waals surface area contributed by atoms with E-state index in [1.54, 1.807) is 19.1 Å². The van der Waals surface area contributed by atoms with Crippen LogP contribution in [0.3, 0.4) is 0 Å².